The molecule has 0 unspecified atom stereocenters. The summed E-state index contributed by atoms with van der Waals surface area (Å²) < 4.78 is 22.7. The third kappa shape index (κ3) is 2.39. The van der Waals surface area contributed by atoms with E-state index in [4.69, 9.17) is 6.72 Å². The van der Waals surface area contributed by atoms with Gasteiger partial charge in [-0.1, -0.05) is 17.7 Å². The zero-order chi connectivity index (χ0) is 9.90. The minimum atomic E-state index is -3.32. The Balaban J connectivity index is 3.08. The van der Waals surface area contributed by atoms with E-state index in [2.05, 4.69) is 4.99 Å². The van der Waals surface area contributed by atoms with Gasteiger partial charge in [-0.15, -0.1) is 0 Å². The Kier molecular flexibility index (Phi) is 2.83. The fourth-order valence-corrected chi connectivity index (χ4v) is 1.81. The number of aryl methyl sites for hydroxylation is 1. The average Bonchev–Trinajstić information content (AvgIpc) is 2.05. The lowest BCUT2D eigenvalue weighted by Gasteiger charge is -2.02. The average molecular weight is 196 g/mol. The highest BCUT2D eigenvalue weighted by molar-refractivity contribution is 7.91. The summed E-state index contributed by atoms with van der Waals surface area (Å²) in [7, 11) is -3.32. The van der Waals surface area contributed by atoms with Gasteiger partial charge in [0.15, 0.2) is 9.84 Å². The Morgan fingerprint density at radius 2 is 1.85 bits per heavy atom. The summed E-state index contributed by atoms with van der Waals surface area (Å²) in [6.07, 6.45) is 0. The third-order valence-corrected chi connectivity index (χ3v) is 3.10. The van der Waals surface area contributed by atoms with Crippen LogP contribution >= 0.6 is 0 Å². The van der Waals surface area contributed by atoms with Gasteiger partial charge < -0.3 is 11.7 Å². The molecule has 1 aromatic carbocycles. The zero-order valence-electron chi connectivity index (χ0n) is 7.27. The monoisotopic (exact) mass is 196 g/mol. The number of aliphatic imine (C=N–C) groups is 1. The first-order chi connectivity index (χ1) is 6.06. The maximum absolute atomic E-state index is 11.4. The van der Waals surface area contributed by atoms with E-state index in [0.29, 0.717) is 0 Å². The van der Waals surface area contributed by atoms with Crippen LogP contribution in [0.25, 0.3) is 0 Å². The SMILES string of the molecule is [CH-]=NCS(=O)(=O)c1ccc(C)cc1. The molecular weight excluding hydrogens is 186 g/mol. The van der Waals surface area contributed by atoms with E-state index in [1.165, 1.54) is 0 Å². The molecule has 0 aromatic heterocycles. The van der Waals surface area contributed by atoms with Gasteiger partial charge in [-0.25, -0.2) is 8.42 Å². The Bertz CT molecular complexity index is 392. The number of rotatable bonds is 3. The molecule has 0 fully saturated rings. The minimum Gasteiger partial charge on any atom is -0.493 e. The summed E-state index contributed by atoms with van der Waals surface area (Å²) in [5.41, 5.74) is 1.02. The fourth-order valence-electron chi connectivity index (χ4n) is 0.918. The molecular formula is C9H10NO2S-. The smallest absolute Gasteiger partial charge is 0.195 e. The number of benzene rings is 1. The Morgan fingerprint density at radius 1 is 1.31 bits per heavy atom. The zero-order valence-corrected chi connectivity index (χ0v) is 8.08. The summed E-state index contributed by atoms with van der Waals surface area (Å²) in [6.45, 7) is 6.72. The van der Waals surface area contributed by atoms with Gasteiger partial charge in [0.25, 0.3) is 0 Å². The molecule has 0 aliphatic rings. The van der Waals surface area contributed by atoms with Crippen LogP contribution in [0.2, 0.25) is 0 Å². The van der Waals surface area contributed by atoms with Gasteiger partial charge in [0.2, 0.25) is 0 Å². The first kappa shape index (κ1) is 9.92. The van der Waals surface area contributed by atoms with E-state index in [-0.39, 0.29) is 10.8 Å². The summed E-state index contributed by atoms with van der Waals surface area (Å²) in [6, 6.07) is 6.58. The van der Waals surface area contributed by atoms with Crippen molar-refractivity contribution in [2.24, 2.45) is 4.99 Å². The van der Waals surface area contributed by atoms with Crippen molar-refractivity contribution < 1.29 is 8.42 Å². The molecule has 0 radical (unpaired) electrons. The molecule has 0 bridgehead atoms. The number of nitrogens with zero attached hydrogens (tertiary/aromatic N) is 1. The Morgan fingerprint density at radius 3 is 2.31 bits per heavy atom. The normalized spacial score (nSPS) is 11.2. The second kappa shape index (κ2) is 3.70. The summed E-state index contributed by atoms with van der Waals surface area (Å²) >= 11 is 0. The molecule has 0 aliphatic carbocycles. The van der Waals surface area contributed by atoms with Crippen LogP contribution in [0.1, 0.15) is 5.56 Å². The summed E-state index contributed by atoms with van der Waals surface area (Å²) in [4.78, 5) is 3.37. The molecule has 0 N–H and O–H groups in total. The van der Waals surface area contributed by atoms with Crippen molar-refractivity contribution in [2.45, 2.75) is 11.8 Å². The van der Waals surface area contributed by atoms with E-state index < -0.39 is 9.84 Å². The van der Waals surface area contributed by atoms with E-state index in [1.54, 1.807) is 24.3 Å². The van der Waals surface area contributed by atoms with Crippen molar-refractivity contribution in [3.8, 4) is 0 Å². The second-order valence-electron chi connectivity index (χ2n) is 2.74. The van der Waals surface area contributed by atoms with Gasteiger partial charge >= 0.3 is 0 Å². The molecule has 0 heterocycles. The van der Waals surface area contributed by atoms with Gasteiger partial charge in [-0.2, -0.15) is 0 Å². The number of hydrogen-bond donors (Lipinski definition) is 0. The second-order valence-corrected chi connectivity index (χ2v) is 4.70. The molecule has 13 heavy (non-hydrogen) atoms. The van der Waals surface area contributed by atoms with E-state index in [9.17, 15) is 8.42 Å². The molecule has 0 saturated carbocycles. The summed E-state index contributed by atoms with van der Waals surface area (Å²) in [5, 5.41) is 0. The standard InChI is InChI=1S/C9H10NO2S/c1-8-3-5-9(6-4-8)13(11,12)7-10-2/h2-6H,7H2,1H3/q-1. The van der Waals surface area contributed by atoms with Crippen molar-refractivity contribution >= 4 is 16.6 Å². The Hall–Kier alpha value is -1.16. The van der Waals surface area contributed by atoms with Crippen LogP contribution in [0.5, 0.6) is 0 Å². The van der Waals surface area contributed by atoms with Crippen molar-refractivity contribution in [3.63, 3.8) is 0 Å². The molecule has 0 aliphatic heterocycles. The van der Waals surface area contributed by atoms with E-state index >= 15 is 0 Å². The van der Waals surface area contributed by atoms with Crippen LogP contribution in [-0.2, 0) is 9.84 Å². The molecule has 0 spiro atoms. The maximum atomic E-state index is 11.4. The molecule has 4 heteroatoms. The minimum absolute atomic E-state index is 0.257. The number of hydrogen-bond acceptors (Lipinski definition) is 3. The molecule has 0 saturated heterocycles. The molecule has 0 amide bonds. The van der Waals surface area contributed by atoms with E-state index in [1.807, 2.05) is 6.92 Å². The molecule has 1 aromatic rings. The lowest BCUT2D eigenvalue weighted by Crippen LogP contribution is -2.04. The molecule has 1 rings (SSSR count). The third-order valence-electron chi connectivity index (χ3n) is 1.62. The predicted octanol–water partition coefficient (Wildman–Crippen LogP) is 1.30. The highest BCUT2D eigenvalue weighted by Gasteiger charge is 2.10. The lowest BCUT2D eigenvalue weighted by molar-refractivity contribution is 0.596. The molecule has 70 valence electrons. The van der Waals surface area contributed by atoms with E-state index in [0.717, 1.165) is 5.56 Å². The van der Waals surface area contributed by atoms with Crippen LogP contribution in [0.4, 0.5) is 0 Å². The summed E-state index contributed by atoms with van der Waals surface area (Å²) in [5.74, 6) is -0.365. The van der Waals surface area contributed by atoms with Crippen molar-refractivity contribution in [1.29, 1.82) is 0 Å². The highest BCUT2D eigenvalue weighted by Crippen LogP contribution is 2.11. The Labute approximate surface area is 78.0 Å². The van der Waals surface area contributed by atoms with Crippen molar-refractivity contribution in [2.75, 3.05) is 5.88 Å². The van der Waals surface area contributed by atoms with Gasteiger partial charge in [-0.05, 0) is 19.1 Å². The molecule has 0 atom stereocenters. The van der Waals surface area contributed by atoms with Gasteiger partial charge in [0.1, 0.15) is 5.88 Å². The largest absolute Gasteiger partial charge is 0.493 e. The highest BCUT2D eigenvalue weighted by atomic mass is 32.2. The lowest BCUT2D eigenvalue weighted by atomic mass is 10.2. The molecule has 3 nitrogen and oxygen atoms in total. The van der Waals surface area contributed by atoms with Crippen LogP contribution in [-0.4, -0.2) is 21.0 Å². The number of sulfone groups is 1. The quantitative estimate of drug-likeness (QED) is 0.540. The topological polar surface area (TPSA) is 46.5 Å². The van der Waals surface area contributed by atoms with Gasteiger partial charge in [0.05, 0.1) is 4.90 Å². The predicted molar refractivity (Wildman–Crippen MR) is 51.7 cm³/mol. The fraction of sp³-hybridized carbons (Fsp3) is 0.222. The maximum Gasteiger partial charge on any atom is 0.195 e. The van der Waals surface area contributed by atoms with Gasteiger partial charge in [0, 0.05) is 0 Å². The first-order valence-corrected chi connectivity index (χ1v) is 5.37. The first-order valence-electron chi connectivity index (χ1n) is 3.72. The van der Waals surface area contributed by atoms with Crippen LogP contribution in [0.3, 0.4) is 0 Å². The van der Waals surface area contributed by atoms with Crippen LogP contribution < -0.4 is 0 Å². The van der Waals surface area contributed by atoms with Crippen molar-refractivity contribution in [3.05, 3.63) is 29.8 Å². The van der Waals surface area contributed by atoms with Gasteiger partial charge in [-0.3, -0.25) is 0 Å². The van der Waals surface area contributed by atoms with Crippen molar-refractivity contribution in [1.82, 2.24) is 0 Å². The van der Waals surface area contributed by atoms with Crippen LogP contribution in [0, 0.1) is 6.92 Å². The van der Waals surface area contributed by atoms with Crippen LogP contribution in [0.15, 0.2) is 34.2 Å².